The van der Waals surface area contributed by atoms with Crippen molar-refractivity contribution in [3.63, 3.8) is 0 Å². The lowest BCUT2D eigenvalue weighted by molar-refractivity contribution is -0.255. The number of esters is 1. The maximum Gasteiger partial charge on any atom is 0.306 e. The third-order valence-corrected chi connectivity index (χ3v) is 4.21. The van der Waals surface area contributed by atoms with E-state index in [0.717, 1.165) is 16.5 Å². The van der Waals surface area contributed by atoms with Crippen LogP contribution in [0.5, 0.6) is 0 Å². The second-order valence-electron chi connectivity index (χ2n) is 6.06. The molecule has 2 aromatic carbocycles. The molecule has 138 valence electrons. The van der Waals surface area contributed by atoms with Gasteiger partial charge in [0.15, 0.2) is 0 Å². The minimum Gasteiger partial charge on any atom is -0.545 e. The van der Waals surface area contributed by atoms with Crippen LogP contribution in [0.1, 0.15) is 49.5 Å². The molecule has 1 aliphatic heterocycles. The minimum absolute atomic E-state index is 0.0355. The number of carboxylic acids is 1. The van der Waals surface area contributed by atoms with Gasteiger partial charge in [0.05, 0.1) is 17.1 Å². The maximum absolute atomic E-state index is 12.3. The molecule has 7 heteroatoms. The number of hydrogen-bond acceptors (Lipinski definition) is 6. The van der Waals surface area contributed by atoms with Crippen LogP contribution in [0.2, 0.25) is 0 Å². The van der Waals surface area contributed by atoms with E-state index >= 15 is 0 Å². The highest BCUT2D eigenvalue weighted by Gasteiger charge is 2.35. The number of hydrogen-bond donors (Lipinski definition) is 0. The van der Waals surface area contributed by atoms with Gasteiger partial charge in [-0.05, 0) is 29.7 Å². The highest BCUT2D eigenvalue weighted by atomic mass is 16.5. The number of carbonyl (C=O) groups excluding carboxylic acids is 4. The maximum atomic E-state index is 12.3. The van der Waals surface area contributed by atoms with Crippen molar-refractivity contribution in [2.45, 2.75) is 19.4 Å². The number of rotatable bonds is 7. The van der Waals surface area contributed by atoms with E-state index in [4.69, 9.17) is 4.74 Å². The molecule has 0 aliphatic carbocycles. The number of imide groups is 1. The Labute approximate surface area is 155 Å². The summed E-state index contributed by atoms with van der Waals surface area (Å²) in [5.74, 6) is -2.92. The Hall–Kier alpha value is -3.48. The molecular formula is C20H16NO6-. The van der Waals surface area contributed by atoms with Gasteiger partial charge in [-0.2, -0.15) is 0 Å². The van der Waals surface area contributed by atoms with Crippen LogP contribution in [-0.4, -0.2) is 35.2 Å². The predicted octanol–water partition coefficient (Wildman–Crippen LogP) is 1.17. The Morgan fingerprint density at radius 2 is 1.67 bits per heavy atom. The average Bonchev–Trinajstić information content (AvgIpc) is 2.91. The molecule has 0 saturated heterocycles. The van der Waals surface area contributed by atoms with Gasteiger partial charge in [0.25, 0.3) is 11.8 Å². The van der Waals surface area contributed by atoms with E-state index in [2.05, 4.69) is 0 Å². The molecule has 0 bridgehead atoms. The number of ether oxygens (including phenoxy) is 1. The van der Waals surface area contributed by atoms with Gasteiger partial charge < -0.3 is 14.6 Å². The van der Waals surface area contributed by atoms with Gasteiger partial charge in [-0.3, -0.25) is 19.3 Å². The first-order valence-corrected chi connectivity index (χ1v) is 8.38. The van der Waals surface area contributed by atoms with E-state index in [-0.39, 0.29) is 42.7 Å². The van der Waals surface area contributed by atoms with Crippen molar-refractivity contribution in [3.05, 3.63) is 70.8 Å². The number of aromatic carboxylic acids is 1. The molecule has 2 amide bonds. The second kappa shape index (κ2) is 7.82. The zero-order chi connectivity index (χ0) is 19.4. The van der Waals surface area contributed by atoms with Gasteiger partial charge >= 0.3 is 5.97 Å². The van der Waals surface area contributed by atoms with E-state index in [9.17, 15) is 24.3 Å². The van der Waals surface area contributed by atoms with Crippen LogP contribution in [0, 0.1) is 0 Å². The second-order valence-corrected chi connectivity index (χ2v) is 6.06. The zero-order valence-corrected chi connectivity index (χ0v) is 14.3. The molecule has 0 radical (unpaired) electrons. The quantitative estimate of drug-likeness (QED) is 0.538. The van der Waals surface area contributed by atoms with Crippen molar-refractivity contribution < 1.29 is 29.0 Å². The Morgan fingerprint density at radius 1 is 0.963 bits per heavy atom. The number of fused-ring (bicyclic) bond motifs is 1. The zero-order valence-electron chi connectivity index (χ0n) is 14.3. The van der Waals surface area contributed by atoms with Crippen molar-refractivity contribution in [2.75, 3.05) is 6.54 Å². The molecule has 27 heavy (non-hydrogen) atoms. The smallest absolute Gasteiger partial charge is 0.306 e. The summed E-state index contributed by atoms with van der Waals surface area (Å²) in [6.45, 7) is 0.214. The van der Waals surface area contributed by atoms with E-state index in [0.29, 0.717) is 0 Å². The van der Waals surface area contributed by atoms with Crippen molar-refractivity contribution >= 4 is 23.8 Å². The van der Waals surface area contributed by atoms with Gasteiger partial charge in [0.2, 0.25) is 0 Å². The molecule has 0 spiro atoms. The van der Waals surface area contributed by atoms with Gasteiger partial charge in [0, 0.05) is 13.0 Å². The van der Waals surface area contributed by atoms with Gasteiger partial charge in [0.1, 0.15) is 6.61 Å². The van der Waals surface area contributed by atoms with Gasteiger partial charge in [-0.25, -0.2) is 0 Å². The Kier molecular flexibility index (Phi) is 5.30. The molecule has 1 heterocycles. The molecular weight excluding hydrogens is 350 g/mol. The fraction of sp³-hybridized carbons (Fsp3) is 0.200. The van der Waals surface area contributed by atoms with Crippen molar-refractivity contribution in [1.29, 1.82) is 0 Å². The SMILES string of the molecule is O=C(CCCN1C(=O)c2ccc(C(=O)[O-])cc2C1=O)OCc1ccccc1. The summed E-state index contributed by atoms with van der Waals surface area (Å²) in [5.41, 5.74) is 0.890. The lowest BCUT2D eigenvalue weighted by Gasteiger charge is -2.13. The summed E-state index contributed by atoms with van der Waals surface area (Å²) in [5, 5.41) is 10.9. The van der Waals surface area contributed by atoms with Crippen LogP contribution >= 0.6 is 0 Å². The van der Waals surface area contributed by atoms with Crippen LogP contribution in [0.3, 0.4) is 0 Å². The number of benzene rings is 2. The lowest BCUT2D eigenvalue weighted by Crippen LogP contribution is -2.31. The molecule has 0 saturated carbocycles. The molecule has 1 aliphatic rings. The molecule has 0 fully saturated rings. The first-order valence-electron chi connectivity index (χ1n) is 8.38. The summed E-state index contributed by atoms with van der Waals surface area (Å²) in [7, 11) is 0. The van der Waals surface area contributed by atoms with Crippen LogP contribution in [-0.2, 0) is 16.1 Å². The topological polar surface area (TPSA) is 104 Å². The fourth-order valence-corrected chi connectivity index (χ4v) is 2.81. The summed E-state index contributed by atoms with van der Waals surface area (Å²) >= 11 is 0. The number of carbonyl (C=O) groups is 4. The summed E-state index contributed by atoms with van der Waals surface area (Å²) < 4.78 is 5.15. The van der Waals surface area contributed by atoms with E-state index < -0.39 is 23.8 Å². The third-order valence-electron chi connectivity index (χ3n) is 4.21. The standard InChI is InChI=1S/C20H17NO6/c22-17(27-12-13-5-2-1-3-6-13)7-4-10-21-18(23)15-9-8-14(20(25)26)11-16(15)19(21)24/h1-3,5-6,8-9,11H,4,7,10,12H2,(H,25,26)/p-1. The van der Waals surface area contributed by atoms with Crippen LogP contribution < -0.4 is 5.11 Å². The van der Waals surface area contributed by atoms with Gasteiger partial charge in [-0.15, -0.1) is 0 Å². The monoisotopic (exact) mass is 366 g/mol. The molecule has 3 rings (SSSR count). The molecule has 0 N–H and O–H groups in total. The van der Waals surface area contributed by atoms with E-state index in [1.54, 1.807) is 0 Å². The normalized spacial score (nSPS) is 12.8. The number of nitrogens with zero attached hydrogens (tertiary/aromatic N) is 1. The molecule has 0 atom stereocenters. The largest absolute Gasteiger partial charge is 0.545 e. The van der Waals surface area contributed by atoms with Crippen LogP contribution in [0.15, 0.2) is 48.5 Å². The highest BCUT2D eigenvalue weighted by molar-refractivity contribution is 6.21. The first-order chi connectivity index (χ1) is 13.0. The van der Waals surface area contributed by atoms with Crippen molar-refractivity contribution in [3.8, 4) is 0 Å². The van der Waals surface area contributed by atoms with Crippen molar-refractivity contribution in [2.24, 2.45) is 0 Å². The summed E-state index contributed by atoms with van der Waals surface area (Å²) in [6.07, 6.45) is 0.316. The Balaban J connectivity index is 1.52. The molecule has 7 nitrogen and oxygen atoms in total. The predicted molar refractivity (Wildman–Crippen MR) is 91.6 cm³/mol. The summed E-state index contributed by atoms with van der Waals surface area (Å²) in [4.78, 5) is 48.4. The highest BCUT2D eigenvalue weighted by Crippen LogP contribution is 2.24. The molecule has 2 aromatic rings. The molecule has 0 aromatic heterocycles. The fourth-order valence-electron chi connectivity index (χ4n) is 2.81. The average molecular weight is 366 g/mol. The number of amides is 2. The molecule has 0 unspecified atom stereocenters. The minimum atomic E-state index is -1.42. The summed E-state index contributed by atoms with van der Waals surface area (Å²) in [6, 6.07) is 12.9. The Morgan fingerprint density at radius 3 is 2.37 bits per heavy atom. The first kappa shape index (κ1) is 18.3. The number of carboxylic acid groups (broad SMARTS) is 1. The van der Waals surface area contributed by atoms with Crippen LogP contribution in [0.4, 0.5) is 0 Å². The third kappa shape index (κ3) is 4.03. The van der Waals surface area contributed by atoms with Crippen molar-refractivity contribution in [1.82, 2.24) is 4.90 Å². The lowest BCUT2D eigenvalue weighted by atomic mass is 10.1. The van der Waals surface area contributed by atoms with Gasteiger partial charge in [-0.1, -0.05) is 36.4 Å². The van der Waals surface area contributed by atoms with Crippen LogP contribution in [0.25, 0.3) is 0 Å². The van der Waals surface area contributed by atoms with E-state index in [1.807, 2.05) is 30.3 Å². The Bertz CT molecular complexity index is 906. The van der Waals surface area contributed by atoms with E-state index in [1.165, 1.54) is 12.1 Å².